The van der Waals surface area contributed by atoms with Crippen molar-refractivity contribution in [2.24, 2.45) is 0 Å². The van der Waals surface area contributed by atoms with Crippen molar-refractivity contribution in [2.45, 2.75) is 13.3 Å². The van der Waals surface area contributed by atoms with Gasteiger partial charge >= 0.3 is 0 Å². The summed E-state index contributed by atoms with van der Waals surface area (Å²) in [5.41, 5.74) is 2.98. The summed E-state index contributed by atoms with van der Waals surface area (Å²) in [5, 5.41) is 0. The van der Waals surface area contributed by atoms with Crippen LogP contribution in [0.15, 0.2) is 48.5 Å². The molecular weight excluding hydrogens is 196 g/mol. The molecule has 0 fully saturated rings. The highest BCUT2D eigenvalue weighted by molar-refractivity contribution is 5.95. The van der Waals surface area contributed by atoms with Crippen LogP contribution < -0.4 is 0 Å². The number of hydrogen-bond donors (Lipinski definition) is 0. The van der Waals surface area contributed by atoms with Gasteiger partial charge in [0.25, 0.3) is 0 Å². The van der Waals surface area contributed by atoms with E-state index in [2.05, 4.69) is 6.07 Å². The SMILES string of the molecule is CC(=O)c1ccccc1Cc1[c]cccc1. The van der Waals surface area contributed by atoms with Gasteiger partial charge in [0, 0.05) is 5.56 Å². The zero-order valence-corrected chi connectivity index (χ0v) is 9.23. The molecule has 16 heavy (non-hydrogen) atoms. The maximum absolute atomic E-state index is 11.4. The van der Waals surface area contributed by atoms with Crippen molar-refractivity contribution < 1.29 is 4.79 Å². The van der Waals surface area contributed by atoms with Crippen molar-refractivity contribution in [3.05, 3.63) is 71.3 Å². The topological polar surface area (TPSA) is 17.1 Å². The average molecular weight is 209 g/mol. The zero-order valence-electron chi connectivity index (χ0n) is 9.23. The molecule has 2 aromatic carbocycles. The minimum Gasteiger partial charge on any atom is -0.295 e. The van der Waals surface area contributed by atoms with Gasteiger partial charge in [0.15, 0.2) is 5.78 Å². The fraction of sp³-hybridized carbons (Fsp3) is 0.133. The van der Waals surface area contributed by atoms with Crippen LogP contribution in [0.4, 0.5) is 0 Å². The molecule has 0 atom stereocenters. The zero-order chi connectivity index (χ0) is 11.4. The molecule has 0 aliphatic heterocycles. The summed E-state index contributed by atoms with van der Waals surface area (Å²) in [7, 11) is 0. The van der Waals surface area contributed by atoms with Crippen LogP contribution in [-0.2, 0) is 6.42 Å². The summed E-state index contributed by atoms with van der Waals surface area (Å²) >= 11 is 0. The first-order valence-electron chi connectivity index (χ1n) is 5.32. The Kier molecular flexibility index (Phi) is 3.16. The Bertz CT molecular complexity index is 486. The lowest BCUT2D eigenvalue weighted by Crippen LogP contribution is -2.00. The summed E-state index contributed by atoms with van der Waals surface area (Å²) < 4.78 is 0. The van der Waals surface area contributed by atoms with Gasteiger partial charge in [-0.15, -0.1) is 0 Å². The third-order valence-electron chi connectivity index (χ3n) is 2.55. The van der Waals surface area contributed by atoms with Crippen LogP contribution in [0.25, 0.3) is 0 Å². The standard InChI is InChI=1S/C15H13O/c1-12(16)15-10-6-5-9-14(15)11-13-7-3-2-4-8-13/h2-7,9-10H,11H2,1H3. The maximum atomic E-state index is 11.4. The first kappa shape index (κ1) is 10.6. The molecule has 0 saturated carbocycles. The van der Waals surface area contributed by atoms with E-state index in [0.717, 1.165) is 23.1 Å². The molecule has 0 amide bonds. The van der Waals surface area contributed by atoms with Gasteiger partial charge in [-0.2, -0.15) is 0 Å². The van der Waals surface area contributed by atoms with Crippen molar-refractivity contribution in [1.82, 2.24) is 0 Å². The van der Waals surface area contributed by atoms with E-state index < -0.39 is 0 Å². The lowest BCUT2D eigenvalue weighted by molar-refractivity contribution is 0.101. The van der Waals surface area contributed by atoms with E-state index in [1.165, 1.54) is 0 Å². The van der Waals surface area contributed by atoms with Crippen LogP contribution in [0.1, 0.15) is 28.4 Å². The lowest BCUT2D eigenvalue weighted by atomic mass is 9.98. The number of benzene rings is 2. The second-order valence-electron chi connectivity index (χ2n) is 3.78. The predicted octanol–water partition coefficient (Wildman–Crippen LogP) is 3.28. The molecule has 2 aromatic rings. The van der Waals surface area contributed by atoms with Gasteiger partial charge in [0.2, 0.25) is 0 Å². The number of carbonyl (C=O) groups is 1. The summed E-state index contributed by atoms with van der Waals surface area (Å²) in [4.78, 5) is 11.4. The van der Waals surface area contributed by atoms with Gasteiger partial charge in [-0.3, -0.25) is 4.79 Å². The van der Waals surface area contributed by atoms with Crippen LogP contribution in [0, 0.1) is 6.07 Å². The van der Waals surface area contributed by atoms with E-state index >= 15 is 0 Å². The van der Waals surface area contributed by atoms with Crippen LogP contribution in [0.3, 0.4) is 0 Å². The Morgan fingerprint density at radius 3 is 2.56 bits per heavy atom. The molecule has 0 heterocycles. The number of hydrogen-bond acceptors (Lipinski definition) is 1. The molecule has 1 radical (unpaired) electrons. The highest BCUT2D eigenvalue weighted by atomic mass is 16.1. The van der Waals surface area contributed by atoms with Gasteiger partial charge in [0.1, 0.15) is 0 Å². The fourth-order valence-corrected chi connectivity index (χ4v) is 1.76. The molecule has 0 aromatic heterocycles. The molecule has 79 valence electrons. The normalized spacial score (nSPS) is 10.1. The minimum absolute atomic E-state index is 0.117. The molecule has 0 spiro atoms. The number of rotatable bonds is 3. The van der Waals surface area contributed by atoms with Crippen LogP contribution in [0.5, 0.6) is 0 Å². The van der Waals surface area contributed by atoms with Crippen molar-refractivity contribution in [3.8, 4) is 0 Å². The Balaban J connectivity index is 2.31. The average Bonchev–Trinajstić information content (AvgIpc) is 2.31. The number of ketones is 1. The third kappa shape index (κ3) is 2.37. The predicted molar refractivity (Wildman–Crippen MR) is 64.5 cm³/mol. The van der Waals surface area contributed by atoms with E-state index in [9.17, 15) is 4.79 Å². The van der Waals surface area contributed by atoms with Crippen molar-refractivity contribution in [2.75, 3.05) is 0 Å². The fourth-order valence-electron chi connectivity index (χ4n) is 1.76. The molecule has 0 aliphatic carbocycles. The molecule has 0 saturated heterocycles. The highest BCUT2D eigenvalue weighted by Gasteiger charge is 2.06. The molecule has 2 rings (SSSR count). The lowest BCUT2D eigenvalue weighted by Gasteiger charge is -2.06. The Hall–Kier alpha value is -1.89. The van der Waals surface area contributed by atoms with Crippen LogP contribution in [0.2, 0.25) is 0 Å². The van der Waals surface area contributed by atoms with E-state index in [0.29, 0.717) is 0 Å². The van der Waals surface area contributed by atoms with Crippen molar-refractivity contribution >= 4 is 5.78 Å². The van der Waals surface area contributed by atoms with Crippen molar-refractivity contribution in [3.63, 3.8) is 0 Å². The maximum Gasteiger partial charge on any atom is 0.160 e. The van der Waals surface area contributed by atoms with Crippen molar-refractivity contribution in [1.29, 1.82) is 0 Å². The Labute approximate surface area is 95.7 Å². The van der Waals surface area contributed by atoms with E-state index in [1.54, 1.807) is 6.92 Å². The molecule has 0 aliphatic rings. The summed E-state index contributed by atoms with van der Waals surface area (Å²) in [6, 6.07) is 18.8. The van der Waals surface area contributed by atoms with Gasteiger partial charge < -0.3 is 0 Å². The monoisotopic (exact) mass is 209 g/mol. The largest absolute Gasteiger partial charge is 0.295 e. The van der Waals surface area contributed by atoms with Gasteiger partial charge in [0.05, 0.1) is 0 Å². The molecule has 0 N–H and O–H groups in total. The van der Waals surface area contributed by atoms with E-state index in [4.69, 9.17) is 0 Å². The van der Waals surface area contributed by atoms with Crippen LogP contribution >= 0.6 is 0 Å². The minimum atomic E-state index is 0.117. The van der Waals surface area contributed by atoms with Crippen LogP contribution in [-0.4, -0.2) is 5.78 Å². The highest BCUT2D eigenvalue weighted by Crippen LogP contribution is 2.14. The second kappa shape index (κ2) is 4.75. The van der Waals surface area contributed by atoms with Gasteiger partial charge in [-0.25, -0.2) is 0 Å². The quantitative estimate of drug-likeness (QED) is 0.709. The molecular formula is C15H13O. The first-order valence-corrected chi connectivity index (χ1v) is 5.32. The Morgan fingerprint density at radius 1 is 1.12 bits per heavy atom. The number of Topliss-reactive ketones (excluding diaryl/α,β-unsaturated/α-hetero) is 1. The summed E-state index contributed by atoms with van der Waals surface area (Å²) in [6.07, 6.45) is 0.761. The Morgan fingerprint density at radius 2 is 1.88 bits per heavy atom. The molecule has 1 heteroatoms. The smallest absolute Gasteiger partial charge is 0.160 e. The summed E-state index contributed by atoms with van der Waals surface area (Å²) in [6.45, 7) is 1.60. The van der Waals surface area contributed by atoms with E-state index in [-0.39, 0.29) is 5.78 Å². The van der Waals surface area contributed by atoms with Gasteiger partial charge in [-0.1, -0.05) is 48.5 Å². The molecule has 0 bridgehead atoms. The summed E-state index contributed by atoms with van der Waals surface area (Å²) in [5.74, 6) is 0.117. The van der Waals surface area contributed by atoms with E-state index in [1.807, 2.05) is 48.5 Å². The van der Waals surface area contributed by atoms with Gasteiger partial charge in [-0.05, 0) is 30.5 Å². The first-order chi connectivity index (χ1) is 7.77. The second-order valence-corrected chi connectivity index (χ2v) is 3.78. The third-order valence-corrected chi connectivity index (χ3v) is 2.55. The number of carbonyl (C=O) groups excluding carboxylic acids is 1. The molecule has 0 unspecified atom stereocenters. The molecule has 1 nitrogen and oxygen atoms in total.